The number of hydrogen-bond donors (Lipinski definition) is 3. The van der Waals surface area contributed by atoms with E-state index in [0.29, 0.717) is 11.5 Å². The van der Waals surface area contributed by atoms with Gasteiger partial charge in [0.1, 0.15) is 16.5 Å². The summed E-state index contributed by atoms with van der Waals surface area (Å²) in [5, 5.41) is 5.29. The van der Waals surface area contributed by atoms with Crippen molar-refractivity contribution in [3.63, 3.8) is 0 Å². The van der Waals surface area contributed by atoms with Gasteiger partial charge in [0.2, 0.25) is 0 Å². The van der Waals surface area contributed by atoms with E-state index in [1.165, 1.54) is 11.3 Å². The number of imidazole rings is 1. The molecule has 2 unspecified atom stereocenters. The summed E-state index contributed by atoms with van der Waals surface area (Å²) in [5.41, 5.74) is 6.10. The van der Waals surface area contributed by atoms with Crippen molar-refractivity contribution in [3.05, 3.63) is 34.3 Å². The molecule has 2 aromatic heterocycles. The molecule has 2 atom stereocenters. The van der Waals surface area contributed by atoms with Crippen molar-refractivity contribution in [1.82, 2.24) is 20.3 Å². The Hall–Kier alpha value is -1.73. The van der Waals surface area contributed by atoms with E-state index >= 15 is 0 Å². The first kappa shape index (κ1) is 12.7. The Morgan fingerprint density at radius 3 is 2.89 bits per heavy atom. The van der Waals surface area contributed by atoms with Crippen LogP contribution in [0.3, 0.4) is 0 Å². The van der Waals surface area contributed by atoms with Crippen LogP contribution < -0.4 is 11.1 Å². The van der Waals surface area contributed by atoms with Crippen LogP contribution in [-0.4, -0.2) is 20.9 Å². The molecule has 2 aromatic rings. The molecule has 0 bridgehead atoms. The van der Waals surface area contributed by atoms with Crippen molar-refractivity contribution in [2.24, 2.45) is 5.73 Å². The van der Waals surface area contributed by atoms with Gasteiger partial charge in [-0.05, 0) is 13.8 Å². The third-order valence-electron chi connectivity index (χ3n) is 2.42. The van der Waals surface area contributed by atoms with Crippen molar-refractivity contribution in [3.8, 4) is 0 Å². The van der Waals surface area contributed by atoms with Gasteiger partial charge in [0, 0.05) is 17.8 Å². The lowest BCUT2D eigenvalue weighted by Gasteiger charge is -2.09. The number of thiazole rings is 1. The number of hydrogen-bond acceptors (Lipinski definition) is 5. The molecule has 18 heavy (non-hydrogen) atoms. The summed E-state index contributed by atoms with van der Waals surface area (Å²) in [7, 11) is 0. The van der Waals surface area contributed by atoms with E-state index in [1.54, 1.807) is 17.8 Å². The van der Waals surface area contributed by atoms with Gasteiger partial charge >= 0.3 is 0 Å². The van der Waals surface area contributed by atoms with Crippen molar-refractivity contribution in [2.45, 2.75) is 25.9 Å². The van der Waals surface area contributed by atoms with E-state index in [-0.39, 0.29) is 18.0 Å². The highest BCUT2D eigenvalue weighted by atomic mass is 32.1. The first-order valence-electron chi connectivity index (χ1n) is 5.59. The molecule has 0 spiro atoms. The van der Waals surface area contributed by atoms with E-state index in [1.807, 2.05) is 13.8 Å². The van der Waals surface area contributed by atoms with E-state index in [9.17, 15) is 4.79 Å². The number of aromatic amines is 1. The van der Waals surface area contributed by atoms with Gasteiger partial charge in [0.05, 0.1) is 12.1 Å². The Morgan fingerprint density at radius 2 is 2.33 bits per heavy atom. The van der Waals surface area contributed by atoms with E-state index in [2.05, 4.69) is 20.3 Å². The van der Waals surface area contributed by atoms with Crippen LogP contribution in [-0.2, 0) is 0 Å². The lowest BCUT2D eigenvalue weighted by atomic mass is 10.3. The summed E-state index contributed by atoms with van der Waals surface area (Å²) >= 11 is 1.39. The van der Waals surface area contributed by atoms with Crippen LogP contribution in [0, 0.1) is 0 Å². The molecule has 0 saturated heterocycles. The van der Waals surface area contributed by atoms with Crippen molar-refractivity contribution in [1.29, 1.82) is 0 Å². The predicted octanol–water partition coefficient (Wildman–Crippen LogP) is 1.38. The summed E-state index contributed by atoms with van der Waals surface area (Å²) < 4.78 is 0. The number of aromatic nitrogens is 3. The largest absolute Gasteiger partial charge is 0.347 e. The molecule has 4 N–H and O–H groups in total. The number of nitrogens with zero attached hydrogens (tertiary/aromatic N) is 2. The van der Waals surface area contributed by atoms with Crippen LogP contribution in [0.25, 0.3) is 0 Å². The van der Waals surface area contributed by atoms with Gasteiger partial charge in [0.15, 0.2) is 0 Å². The molecule has 2 heterocycles. The highest BCUT2D eigenvalue weighted by Gasteiger charge is 2.16. The molecule has 0 aromatic carbocycles. The topological polar surface area (TPSA) is 96.7 Å². The maximum absolute atomic E-state index is 11.9. The molecule has 2 rings (SSSR count). The second-order valence-electron chi connectivity index (χ2n) is 4.03. The smallest absolute Gasteiger partial charge is 0.271 e. The van der Waals surface area contributed by atoms with Crippen molar-refractivity contribution < 1.29 is 4.79 Å². The average Bonchev–Trinajstić information content (AvgIpc) is 3.00. The molecule has 0 fully saturated rings. The Balaban J connectivity index is 2.03. The fourth-order valence-corrected chi connectivity index (χ4v) is 2.21. The molecular formula is C11H15N5OS. The molecule has 0 aliphatic rings. The summed E-state index contributed by atoms with van der Waals surface area (Å²) in [4.78, 5) is 23.2. The summed E-state index contributed by atoms with van der Waals surface area (Å²) in [6.45, 7) is 3.70. The third-order valence-corrected chi connectivity index (χ3v) is 3.47. The minimum atomic E-state index is -0.220. The SMILES string of the molecule is CC(N)c1nc(C(=O)NC(C)c2ncc[nH]2)cs1. The lowest BCUT2D eigenvalue weighted by molar-refractivity contribution is 0.0934. The molecule has 0 aliphatic carbocycles. The Labute approximate surface area is 109 Å². The molecule has 0 radical (unpaired) electrons. The van der Waals surface area contributed by atoms with Crippen LogP contribution in [0.15, 0.2) is 17.8 Å². The Morgan fingerprint density at radius 1 is 1.56 bits per heavy atom. The number of carbonyl (C=O) groups is 1. The van der Waals surface area contributed by atoms with Crippen molar-refractivity contribution in [2.75, 3.05) is 0 Å². The standard InChI is InChI=1S/C11H15N5OS/c1-6(12)11-16-8(5-18-11)10(17)15-7(2)9-13-3-4-14-9/h3-7H,12H2,1-2H3,(H,13,14)(H,15,17). The fraction of sp³-hybridized carbons (Fsp3) is 0.364. The highest BCUT2D eigenvalue weighted by Crippen LogP contribution is 2.16. The van der Waals surface area contributed by atoms with Crippen LogP contribution in [0.4, 0.5) is 0 Å². The zero-order valence-electron chi connectivity index (χ0n) is 10.2. The predicted molar refractivity (Wildman–Crippen MR) is 69.2 cm³/mol. The monoisotopic (exact) mass is 265 g/mol. The molecular weight excluding hydrogens is 250 g/mol. The van der Waals surface area contributed by atoms with Gasteiger partial charge in [-0.1, -0.05) is 0 Å². The first-order chi connectivity index (χ1) is 8.58. The van der Waals surface area contributed by atoms with E-state index in [4.69, 9.17) is 5.73 Å². The third kappa shape index (κ3) is 2.74. The maximum Gasteiger partial charge on any atom is 0.271 e. The van der Waals surface area contributed by atoms with Crippen LogP contribution >= 0.6 is 11.3 Å². The number of rotatable bonds is 4. The molecule has 0 aliphatic heterocycles. The van der Waals surface area contributed by atoms with Crippen LogP contribution in [0.1, 0.15) is 47.3 Å². The molecule has 1 amide bonds. The summed E-state index contributed by atoms with van der Waals surface area (Å²) in [5.74, 6) is 0.494. The van der Waals surface area contributed by atoms with Crippen molar-refractivity contribution >= 4 is 17.2 Å². The van der Waals surface area contributed by atoms with Gasteiger partial charge in [0.25, 0.3) is 5.91 Å². The number of carbonyl (C=O) groups excluding carboxylic acids is 1. The maximum atomic E-state index is 11.9. The molecule has 6 nitrogen and oxygen atoms in total. The van der Waals surface area contributed by atoms with Crippen LogP contribution in [0.5, 0.6) is 0 Å². The highest BCUT2D eigenvalue weighted by molar-refractivity contribution is 7.09. The summed E-state index contributed by atoms with van der Waals surface area (Å²) in [6, 6.07) is -0.341. The van der Waals surface area contributed by atoms with Gasteiger partial charge in [-0.15, -0.1) is 11.3 Å². The Bertz CT molecular complexity index is 519. The van der Waals surface area contributed by atoms with Gasteiger partial charge in [-0.25, -0.2) is 9.97 Å². The summed E-state index contributed by atoms with van der Waals surface area (Å²) in [6.07, 6.45) is 3.37. The van der Waals surface area contributed by atoms with Gasteiger partial charge < -0.3 is 16.0 Å². The molecule has 96 valence electrons. The van der Waals surface area contributed by atoms with E-state index in [0.717, 1.165) is 5.01 Å². The molecule has 7 heteroatoms. The number of H-pyrrole nitrogens is 1. The second kappa shape index (κ2) is 5.28. The van der Waals surface area contributed by atoms with Gasteiger partial charge in [-0.2, -0.15) is 0 Å². The molecule has 0 saturated carbocycles. The lowest BCUT2D eigenvalue weighted by Crippen LogP contribution is -2.27. The number of amides is 1. The zero-order chi connectivity index (χ0) is 13.1. The Kier molecular flexibility index (Phi) is 3.73. The fourth-order valence-electron chi connectivity index (χ4n) is 1.45. The average molecular weight is 265 g/mol. The quantitative estimate of drug-likeness (QED) is 0.778. The van der Waals surface area contributed by atoms with E-state index < -0.39 is 0 Å². The minimum Gasteiger partial charge on any atom is -0.347 e. The first-order valence-corrected chi connectivity index (χ1v) is 6.47. The normalized spacial score (nSPS) is 14.2. The van der Waals surface area contributed by atoms with Crippen LogP contribution in [0.2, 0.25) is 0 Å². The minimum absolute atomic E-state index is 0.154. The number of nitrogens with one attached hydrogen (secondary N) is 2. The van der Waals surface area contributed by atoms with Gasteiger partial charge in [-0.3, -0.25) is 4.79 Å². The zero-order valence-corrected chi connectivity index (χ0v) is 11.0. The second-order valence-corrected chi connectivity index (χ2v) is 4.92. The number of nitrogens with two attached hydrogens (primary N) is 1.